The fraction of sp³-hybridized carbons (Fsp3) is 0.929. The van der Waals surface area contributed by atoms with Crippen molar-refractivity contribution in [3.8, 4) is 0 Å². The number of likely N-dealkylation sites (tertiary alicyclic amines) is 1. The van der Waals surface area contributed by atoms with E-state index in [0.29, 0.717) is 6.04 Å². The average Bonchev–Trinajstić information content (AvgIpc) is 3.25. The molecule has 2 aliphatic heterocycles. The molecule has 0 radical (unpaired) electrons. The molecule has 0 aromatic carbocycles. The van der Waals surface area contributed by atoms with Gasteiger partial charge in [0, 0.05) is 25.2 Å². The van der Waals surface area contributed by atoms with Crippen LogP contribution in [0.2, 0.25) is 0 Å². The van der Waals surface area contributed by atoms with Gasteiger partial charge in [-0.25, -0.2) is 0 Å². The molecule has 102 valence electrons. The van der Waals surface area contributed by atoms with E-state index in [-0.39, 0.29) is 11.9 Å². The monoisotopic (exact) mass is 251 g/mol. The first-order valence-electron chi connectivity index (χ1n) is 7.61. The van der Waals surface area contributed by atoms with Crippen molar-refractivity contribution in [2.45, 2.75) is 63.1 Å². The normalized spacial score (nSPS) is 31.2. The van der Waals surface area contributed by atoms with E-state index < -0.39 is 0 Å². The number of hydrogen-bond acceptors (Lipinski definition) is 3. The lowest BCUT2D eigenvalue weighted by Crippen LogP contribution is -2.52. The highest BCUT2D eigenvalue weighted by molar-refractivity contribution is 5.82. The van der Waals surface area contributed by atoms with Crippen LogP contribution in [0.5, 0.6) is 0 Å². The third-order valence-corrected chi connectivity index (χ3v) is 4.57. The molecule has 2 N–H and O–H groups in total. The molecule has 2 saturated heterocycles. The Morgan fingerprint density at radius 1 is 1.06 bits per heavy atom. The average molecular weight is 251 g/mol. The van der Waals surface area contributed by atoms with Gasteiger partial charge in [-0.2, -0.15) is 0 Å². The van der Waals surface area contributed by atoms with Gasteiger partial charge in [-0.15, -0.1) is 0 Å². The SMILES string of the molecule is O=C(NC1CCN(C2CC2)CC1)[C@H]1CCCCN1. The molecule has 0 aromatic heterocycles. The molecule has 4 heteroatoms. The number of carbonyl (C=O) groups excluding carboxylic acids is 1. The second kappa shape index (κ2) is 5.57. The largest absolute Gasteiger partial charge is 0.352 e. The van der Waals surface area contributed by atoms with Crippen LogP contribution in [0, 0.1) is 0 Å². The maximum Gasteiger partial charge on any atom is 0.237 e. The molecule has 3 rings (SSSR count). The minimum atomic E-state index is 0.0696. The Morgan fingerprint density at radius 2 is 1.83 bits per heavy atom. The van der Waals surface area contributed by atoms with Gasteiger partial charge in [-0.3, -0.25) is 4.79 Å². The van der Waals surface area contributed by atoms with Crippen molar-refractivity contribution in [3.63, 3.8) is 0 Å². The third kappa shape index (κ3) is 3.04. The number of nitrogens with one attached hydrogen (secondary N) is 2. The topological polar surface area (TPSA) is 44.4 Å². The molecule has 18 heavy (non-hydrogen) atoms. The summed E-state index contributed by atoms with van der Waals surface area (Å²) >= 11 is 0. The number of hydrogen-bond donors (Lipinski definition) is 2. The van der Waals surface area contributed by atoms with Gasteiger partial charge in [-0.1, -0.05) is 6.42 Å². The zero-order chi connectivity index (χ0) is 12.4. The van der Waals surface area contributed by atoms with Crippen molar-refractivity contribution >= 4 is 5.91 Å². The second-order valence-corrected chi connectivity index (χ2v) is 6.05. The van der Waals surface area contributed by atoms with Crippen LogP contribution >= 0.6 is 0 Å². The van der Waals surface area contributed by atoms with Crippen LogP contribution in [0.25, 0.3) is 0 Å². The molecule has 1 aliphatic carbocycles. The number of carbonyl (C=O) groups is 1. The van der Waals surface area contributed by atoms with E-state index in [1.165, 1.54) is 38.8 Å². The number of piperidine rings is 2. The molecule has 4 nitrogen and oxygen atoms in total. The minimum Gasteiger partial charge on any atom is -0.352 e. The highest BCUT2D eigenvalue weighted by atomic mass is 16.2. The van der Waals surface area contributed by atoms with Gasteiger partial charge in [0.2, 0.25) is 5.91 Å². The van der Waals surface area contributed by atoms with Gasteiger partial charge in [0.05, 0.1) is 6.04 Å². The van der Waals surface area contributed by atoms with E-state index in [1.807, 2.05) is 0 Å². The Morgan fingerprint density at radius 3 is 2.44 bits per heavy atom. The Hall–Kier alpha value is -0.610. The third-order valence-electron chi connectivity index (χ3n) is 4.57. The summed E-state index contributed by atoms with van der Waals surface area (Å²) in [5.74, 6) is 0.236. The van der Waals surface area contributed by atoms with Crippen LogP contribution in [0.1, 0.15) is 44.9 Å². The summed E-state index contributed by atoms with van der Waals surface area (Å²) in [6.07, 6.45) is 8.46. The van der Waals surface area contributed by atoms with Crippen molar-refractivity contribution in [1.82, 2.24) is 15.5 Å². The summed E-state index contributed by atoms with van der Waals surface area (Å²) in [5, 5.41) is 6.56. The molecule has 2 heterocycles. The van der Waals surface area contributed by atoms with Crippen molar-refractivity contribution in [1.29, 1.82) is 0 Å². The highest BCUT2D eigenvalue weighted by Gasteiger charge is 2.32. The quantitative estimate of drug-likeness (QED) is 0.782. The lowest BCUT2D eigenvalue weighted by Gasteiger charge is -2.33. The fourth-order valence-electron chi connectivity index (χ4n) is 3.23. The van der Waals surface area contributed by atoms with Crippen molar-refractivity contribution in [3.05, 3.63) is 0 Å². The summed E-state index contributed by atoms with van der Waals surface area (Å²) in [7, 11) is 0. The Labute approximate surface area is 109 Å². The molecule has 1 amide bonds. The summed E-state index contributed by atoms with van der Waals surface area (Å²) in [5.41, 5.74) is 0. The molecule has 0 unspecified atom stereocenters. The Balaban J connectivity index is 1.41. The summed E-state index contributed by atoms with van der Waals surface area (Å²) in [6.45, 7) is 3.35. The molecule has 0 bridgehead atoms. The molecule has 3 fully saturated rings. The predicted molar refractivity (Wildman–Crippen MR) is 71.4 cm³/mol. The number of nitrogens with zero attached hydrogens (tertiary/aromatic N) is 1. The lowest BCUT2D eigenvalue weighted by atomic mass is 10.0. The van der Waals surface area contributed by atoms with Crippen LogP contribution in [0.15, 0.2) is 0 Å². The smallest absolute Gasteiger partial charge is 0.237 e. The summed E-state index contributed by atoms with van der Waals surface area (Å²) < 4.78 is 0. The first-order valence-corrected chi connectivity index (χ1v) is 7.61. The van der Waals surface area contributed by atoms with Crippen molar-refractivity contribution in [2.75, 3.05) is 19.6 Å². The molecular formula is C14H25N3O. The van der Waals surface area contributed by atoms with Gasteiger partial charge in [0.15, 0.2) is 0 Å². The van der Waals surface area contributed by atoms with E-state index in [0.717, 1.165) is 31.8 Å². The first-order chi connectivity index (χ1) is 8.83. The van der Waals surface area contributed by atoms with Crippen LogP contribution in [-0.4, -0.2) is 48.6 Å². The zero-order valence-electron chi connectivity index (χ0n) is 11.2. The van der Waals surface area contributed by atoms with E-state index in [4.69, 9.17) is 0 Å². The summed E-state index contributed by atoms with van der Waals surface area (Å²) in [4.78, 5) is 14.7. The van der Waals surface area contributed by atoms with Gasteiger partial charge in [0.25, 0.3) is 0 Å². The van der Waals surface area contributed by atoms with Crippen molar-refractivity contribution in [2.24, 2.45) is 0 Å². The second-order valence-electron chi connectivity index (χ2n) is 6.05. The van der Waals surface area contributed by atoms with Gasteiger partial charge < -0.3 is 15.5 Å². The lowest BCUT2D eigenvalue weighted by molar-refractivity contribution is -0.124. The standard InChI is InChI=1S/C14H25N3O/c18-14(13-3-1-2-8-15-13)16-11-6-9-17(10-7-11)12-4-5-12/h11-13,15H,1-10H2,(H,16,18)/t13-/m1/s1. The van der Waals surface area contributed by atoms with E-state index in [2.05, 4.69) is 15.5 Å². The maximum absolute atomic E-state index is 12.1. The maximum atomic E-state index is 12.1. The Kier molecular flexibility index (Phi) is 3.85. The van der Waals surface area contributed by atoms with E-state index in [9.17, 15) is 4.79 Å². The minimum absolute atomic E-state index is 0.0696. The van der Waals surface area contributed by atoms with E-state index >= 15 is 0 Å². The Bertz CT molecular complexity index is 289. The number of rotatable bonds is 3. The molecular weight excluding hydrogens is 226 g/mol. The van der Waals surface area contributed by atoms with Gasteiger partial charge in [-0.05, 0) is 45.1 Å². The molecule has 0 spiro atoms. The van der Waals surface area contributed by atoms with Gasteiger partial charge >= 0.3 is 0 Å². The predicted octanol–water partition coefficient (Wildman–Crippen LogP) is 0.871. The molecule has 1 saturated carbocycles. The van der Waals surface area contributed by atoms with Crippen LogP contribution < -0.4 is 10.6 Å². The number of amides is 1. The fourth-order valence-corrected chi connectivity index (χ4v) is 3.23. The molecule has 0 aromatic rings. The highest BCUT2D eigenvalue weighted by Crippen LogP contribution is 2.29. The molecule has 3 aliphatic rings. The van der Waals surface area contributed by atoms with Crippen LogP contribution in [-0.2, 0) is 4.79 Å². The molecule has 1 atom stereocenters. The van der Waals surface area contributed by atoms with Crippen molar-refractivity contribution < 1.29 is 4.79 Å². The first kappa shape index (κ1) is 12.4. The van der Waals surface area contributed by atoms with Crippen LogP contribution in [0.4, 0.5) is 0 Å². The van der Waals surface area contributed by atoms with Crippen LogP contribution in [0.3, 0.4) is 0 Å². The zero-order valence-corrected chi connectivity index (χ0v) is 11.2. The van der Waals surface area contributed by atoms with Gasteiger partial charge in [0.1, 0.15) is 0 Å². The summed E-state index contributed by atoms with van der Waals surface area (Å²) in [6, 6.07) is 1.36. The van der Waals surface area contributed by atoms with E-state index in [1.54, 1.807) is 0 Å².